The molecule has 2 aromatic rings. The average Bonchev–Trinajstić information content (AvgIpc) is 3.02. The molecule has 6 nitrogen and oxygen atoms in total. The topological polar surface area (TPSA) is 92.5 Å². The van der Waals surface area contributed by atoms with Gasteiger partial charge < -0.3 is 16.0 Å². The van der Waals surface area contributed by atoms with Crippen LogP contribution in [0.2, 0.25) is 10.0 Å². The van der Waals surface area contributed by atoms with Gasteiger partial charge in [-0.2, -0.15) is 0 Å². The van der Waals surface area contributed by atoms with Gasteiger partial charge in [0, 0.05) is 40.5 Å². The van der Waals surface area contributed by atoms with E-state index in [1.54, 1.807) is 12.1 Å². The molecule has 1 aliphatic rings. The third-order valence-corrected chi connectivity index (χ3v) is 7.70. The zero-order valence-electron chi connectivity index (χ0n) is 22.5. The van der Waals surface area contributed by atoms with Crippen molar-refractivity contribution in [2.45, 2.75) is 71.9 Å². The van der Waals surface area contributed by atoms with E-state index in [9.17, 15) is 14.4 Å². The van der Waals surface area contributed by atoms with Crippen LogP contribution < -0.4 is 11.1 Å². The van der Waals surface area contributed by atoms with Crippen LogP contribution in [0, 0.1) is 17.8 Å². The molecule has 0 aromatic heterocycles. The molecule has 0 spiro atoms. The van der Waals surface area contributed by atoms with Crippen molar-refractivity contribution in [3.05, 3.63) is 58.1 Å². The molecule has 1 aliphatic heterocycles. The Morgan fingerprint density at radius 2 is 1.87 bits per heavy atom. The molecule has 1 heterocycles. The number of carbonyl (C=O) groups is 3. The Balaban J connectivity index is 1.77. The van der Waals surface area contributed by atoms with Crippen LogP contribution in [0.25, 0.3) is 11.1 Å². The molecule has 0 saturated carbocycles. The van der Waals surface area contributed by atoms with Crippen LogP contribution in [0.5, 0.6) is 0 Å². The second-order valence-electron chi connectivity index (χ2n) is 10.7. The number of hydrogen-bond donors (Lipinski definition) is 2. The summed E-state index contributed by atoms with van der Waals surface area (Å²) in [5, 5.41) is 4.15. The Morgan fingerprint density at radius 3 is 2.53 bits per heavy atom. The van der Waals surface area contributed by atoms with Gasteiger partial charge in [-0.1, -0.05) is 74.7 Å². The van der Waals surface area contributed by atoms with Crippen molar-refractivity contribution in [3.8, 4) is 11.1 Å². The molecule has 3 rings (SSSR count). The number of amides is 3. The van der Waals surface area contributed by atoms with Gasteiger partial charge in [0.25, 0.3) is 0 Å². The van der Waals surface area contributed by atoms with Gasteiger partial charge >= 0.3 is 0 Å². The smallest absolute Gasteiger partial charge is 0.245 e. The Bertz CT molecular complexity index is 1140. The number of nitrogens with zero attached hydrogens (tertiary/aromatic N) is 1. The summed E-state index contributed by atoms with van der Waals surface area (Å²) in [6.07, 6.45) is 4.12. The van der Waals surface area contributed by atoms with Gasteiger partial charge in [0.05, 0.1) is 0 Å². The minimum Gasteiger partial charge on any atom is -0.369 e. The van der Waals surface area contributed by atoms with Gasteiger partial charge in [0.1, 0.15) is 6.04 Å². The third kappa shape index (κ3) is 7.97. The number of nitrogens with two attached hydrogens (primary N) is 1. The lowest BCUT2D eigenvalue weighted by Crippen LogP contribution is -2.50. The number of carbonyl (C=O) groups excluding carboxylic acids is 3. The summed E-state index contributed by atoms with van der Waals surface area (Å²) in [5.41, 5.74) is 8.49. The maximum Gasteiger partial charge on any atom is 0.245 e. The normalized spacial score (nSPS) is 17.7. The lowest BCUT2D eigenvalue weighted by molar-refractivity contribution is -0.139. The summed E-state index contributed by atoms with van der Waals surface area (Å²) >= 11 is 12.5. The van der Waals surface area contributed by atoms with Gasteiger partial charge in [-0.05, 0) is 67.3 Å². The first-order valence-corrected chi connectivity index (χ1v) is 14.3. The molecular weight excluding hydrogens is 521 g/mol. The quantitative estimate of drug-likeness (QED) is 0.342. The lowest BCUT2D eigenvalue weighted by atomic mass is 9.81. The summed E-state index contributed by atoms with van der Waals surface area (Å²) in [5.74, 6) is -1.68. The predicted molar refractivity (Wildman–Crippen MR) is 154 cm³/mol. The van der Waals surface area contributed by atoms with Gasteiger partial charge in [0.15, 0.2) is 0 Å². The number of benzene rings is 2. The first-order valence-electron chi connectivity index (χ1n) is 13.5. The van der Waals surface area contributed by atoms with Gasteiger partial charge in [-0.25, -0.2) is 0 Å². The second-order valence-corrected chi connectivity index (χ2v) is 11.5. The molecular formula is C30H39Cl2N3O3. The Labute approximate surface area is 236 Å². The second kappa shape index (κ2) is 14.0. The fourth-order valence-electron chi connectivity index (χ4n) is 5.27. The van der Waals surface area contributed by atoms with Crippen LogP contribution in [0.15, 0.2) is 42.5 Å². The highest BCUT2D eigenvalue weighted by atomic mass is 35.5. The maximum absolute atomic E-state index is 13.6. The van der Waals surface area contributed by atoms with Crippen molar-refractivity contribution in [1.82, 2.24) is 10.2 Å². The van der Waals surface area contributed by atoms with E-state index in [1.165, 1.54) is 0 Å². The van der Waals surface area contributed by atoms with E-state index >= 15 is 0 Å². The van der Waals surface area contributed by atoms with Gasteiger partial charge in [0.2, 0.25) is 17.7 Å². The van der Waals surface area contributed by atoms with E-state index < -0.39 is 23.8 Å². The minimum absolute atomic E-state index is 0.0970. The SMILES string of the molecule is CCCC(C(N)=O)C(CC(C)C)C(=O)N[C@H]1CCCCN(Cc2cccc(-c3ccc(Cl)cc3Cl)c2)C1=O. The minimum atomic E-state index is -0.622. The van der Waals surface area contributed by atoms with Crippen LogP contribution >= 0.6 is 23.2 Å². The monoisotopic (exact) mass is 559 g/mol. The van der Waals surface area contributed by atoms with E-state index in [0.717, 1.165) is 36.0 Å². The van der Waals surface area contributed by atoms with Crippen molar-refractivity contribution in [2.24, 2.45) is 23.5 Å². The van der Waals surface area contributed by atoms with E-state index in [4.69, 9.17) is 28.9 Å². The summed E-state index contributed by atoms with van der Waals surface area (Å²) in [6.45, 7) is 7.07. The fraction of sp³-hybridized carbons (Fsp3) is 0.500. The maximum atomic E-state index is 13.6. The van der Waals surface area contributed by atoms with E-state index in [0.29, 0.717) is 42.4 Å². The summed E-state index contributed by atoms with van der Waals surface area (Å²) in [4.78, 5) is 41.0. The van der Waals surface area contributed by atoms with Crippen molar-refractivity contribution in [2.75, 3.05) is 6.54 Å². The Kier molecular flexibility index (Phi) is 11.0. The summed E-state index contributed by atoms with van der Waals surface area (Å²) in [6, 6.07) is 12.7. The van der Waals surface area contributed by atoms with Crippen molar-refractivity contribution in [1.29, 1.82) is 0 Å². The zero-order valence-corrected chi connectivity index (χ0v) is 24.0. The average molecular weight is 561 g/mol. The summed E-state index contributed by atoms with van der Waals surface area (Å²) < 4.78 is 0. The highest BCUT2D eigenvalue weighted by molar-refractivity contribution is 6.36. The molecule has 1 fully saturated rings. The molecule has 3 amide bonds. The zero-order chi connectivity index (χ0) is 27.8. The fourth-order valence-corrected chi connectivity index (χ4v) is 5.79. The van der Waals surface area contributed by atoms with E-state index in [2.05, 4.69) is 5.32 Å². The molecule has 1 saturated heterocycles. The van der Waals surface area contributed by atoms with Crippen LogP contribution in [0.1, 0.15) is 64.9 Å². The number of hydrogen-bond acceptors (Lipinski definition) is 3. The van der Waals surface area contributed by atoms with Crippen molar-refractivity contribution >= 4 is 40.9 Å². The largest absolute Gasteiger partial charge is 0.369 e. The summed E-state index contributed by atoms with van der Waals surface area (Å²) in [7, 11) is 0. The molecule has 206 valence electrons. The molecule has 0 radical (unpaired) electrons. The van der Waals surface area contributed by atoms with Gasteiger partial charge in [-0.3, -0.25) is 14.4 Å². The van der Waals surface area contributed by atoms with E-state index in [1.807, 2.05) is 56.0 Å². The Morgan fingerprint density at radius 1 is 1.11 bits per heavy atom. The molecule has 38 heavy (non-hydrogen) atoms. The molecule has 0 aliphatic carbocycles. The van der Waals surface area contributed by atoms with Crippen molar-refractivity contribution < 1.29 is 14.4 Å². The van der Waals surface area contributed by atoms with Crippen LogP contribution in [-0.2, 0) is 20.9 Å². The highest BCUT2D eigenvalue weighted by Gasteiger charge is 2.35. The predicted octanol–water partition coefficient (Wildman–Crippen LogP) is 6.22. The number of halogens is 2. The van der Waals surface area contributed by atoms with E-state index in [-0.39, 0.29) is 17.7 Å². The van der Waals surface area contributed by atoms with Crippen LogP contribution in [0.4, 0.5) is 0 Å². The Hall–Kier alpha value is -2.57. The molecule has 2 unspecified atom stereocenters. The first kappa shape index (κ1) is 30.0. The molecule has 2 aromatic carbocycles. The molecule has 3 N–H and O–H groups in total. The lowest BCUT2D eigenvalue weighted by Gasteiger charge is -2.29. The standard InChI is InChI=1S/C30H39Cl2N3O3/c1-4-8-24(28(33)36)25(15-19(2)3)29(37)34-27-11-5-6-14-35(30(27)38)18-20-9-7-10-21(16-20)23-13-12-22(31)17-26(23)32/h7,9-10,12-13,16-17,19,24-25,27H,4-6,8,11,14-15,18H2,1-3H3,(H2,33,36)(H,34,37)/t24?,25?,27-/m0/s1. The van der Waals surface area contributed by atoms with Crippen LogP contribution in [-0.4, -0.2) is 35.2 Å². The highest BCUT2D eigenvalue weighted by Crippen LogP contribution is 2.31. The number of rotatable bonds is 11. The van der Waals surface area contributed by atoms with Gasteiger partial charge in [-0.15, -0.1) is 0 Å². The number of primary amides is 1. The molecule has 3 atom stereocenters. The molecule has 8 heteroatoms. The van der Waals surface area contributed by atoms with Crippen molar-refractivity contribution in [3.63, 3.8) is 0 Å². The number of nitrogens with one attached hydrogen (secondary N) is 1. The van der Waals surface area contributed by atoms with Crippen LogP contribution in [0.3, 0.4) is 0 Å². The number of likely N-dealkylation sites (tertiary alicyclic amines) is 1. The molecule has 0 bridgehead atoms. The first-order chi connectivity index (χ1) is 18.1. The third-order valence-electron chi connectivity index (χ3n) is 7.15.